The lowest BCUT2D eigenvalue weighted by Crippen LogP contribution is -2.50. The molecule has 1 aliphatic rings. The van der Waals surface area contributed by atoms with Crippen molar-refractivity contribution in [1.82, 2.24) is 14.8 Å². The van der Waals surface area contributed by atoms with Gasteiger partial charge in [-0.05, 0) is 0 Å². The highest BCUT2D eigenvalue weighted by Gasteiger charge is 2.26. The number of nitrogens with one attached hydrogen (secondary N) is 1. The Labute approximate surface area is 102 Å². The molecule has 96 valence electrons. The summed E-state index contributed by atoms with van der Waals surface area (Å²) in [6.07, 6.45) is 1.28. The second-order valence-corrected chi connectivity index (χ2v) is 4.03. The molecule has 18 heavy (non-hydrogen) atoms. The van der Waals surface area contributed by atoms with Gasteiger partial charge in [0.1, 0.15) is 5.69 Å². The zero-order chi connectivity index (χ0) is 13.3. The van der Waals surface area contributed by atoms with Crippen LogP contribution in [-0.2, 0) is 11.8 Å². The Morgan fingerprint density at radius 3 is 2.83 bits per heavy atom. The van der Waals surface area contributed by atoms with Crippen LogP contribution in [0.1, 0.15) is 10.5 Å². The van der Waals surface area contributed by atoms with Crippen LogP contribution in [0.3, 0.4) is 0 Å². The van der Waals surface area contributed by atoms with Crippen LogP contribution in [0, 0.1) is 10.1 Å². The average molecular weight is 252 g/mol. The molecule has 1 aromatic heterocycles. The first-order valence-electron chi connectivity index (χ1n) is 5.36. The molecule has 2 rings (SSSR count). The van der Waals surface area contributed by atoms with E-state index in [1.165, 1.54) is 21.7 Å². The minimum absolute atomic E-state index is 0.0161. The summed E-state index contributed by atoms with van der Waals surface area (Å²) >= 11 is 0. The Morgan fingerprint density at radius 1 is 1.56 bits per heavy atom. The first-order valence-corrected chi connectivity index (χ1v) is 5.36. The molecular formula is C10H12N4O4. The minimum atomic E-state index is -0.556. The molecule has 0 aliphatic carbocycles. The summed E-state index contributed by atoms with van der Waals surface area (Å²) in [5.74, 6) is -0.598. The fraction of sp³-hybridized carbons (Fsp3) is 0.400. The first kappa shape index (κ1) is 12.1. The molecule has 0 aromatic carbocycles. The second-order valence-electron chi connectivity index (χ2n) is 4.03. The highest BCUT2D eigenvalue weighted by Crippen LogP contribution is 2.17. The van der Waals surface area contributed by atoms with Gasteiger partial charge in [-0.2, -0.15) is 0 Å². The Morgan fingerprint density at radius 2 is 2.28 bits per heavy atom. The predicted octanol–water partition coefficient (Wildman–Crippen LogP) is -0.495. The van der Waals surface area contributed by atoms with Gasteiger partial charge in [-0.3, -0.25) is 19.7 Å². The summed E-state index contributed by atoms with van der Waals surface area (Å²) in [6.45, 7) is 0.790. The van der Waals surface area contributed by atoms with Crippen molar-refractivity contribution in [2.75, 3.05) is 19.6 Å². The van der Waals surface area contributed by atoms with Gasteiger partial charge in [0.2, 0.25) is 5.91 Å². The van der Waals surface area contributed by atoms with Crippen molar-refractivity contribution in [1.29, 1.82) is 0 Å². The van der Waals surface area contributed by atoms with Gasteiger partial charge in [0.05, 0.1) is 17.7 Å². The van der Waals surface area contributed by atoms with E-state index >= 15 is 0 Å². The SMILES string of the molecule is Cn1cc([N+](=O)[O-])cc1C(=O)N1CCNC(=O)C1. The third-order valence-electron chi connectivity index (χ3n) is 2.75. The fourth-order valence-electron chi connectivity index (χ4n) is 1.83. The number of aryl methyl sites for hydroxylation is 1. The Bertz CT molecular complexity index is 522. The van der Waals surface area contributed by atoms with E-state index in [4.69, 9.17) is 0 Å². The van der Waals surface area contributed by atoms with Crippen LogP contribution in [0.2, 0.25) is 0 Å². The largest absolute Gasteiger partial charge is 0.353 e. The van der Waals surface area contributed by atoms with Gasteiger partial charge in [0, 0.05) is 26.2 Å². The summed E-state index contributed by atoms with van der Waals surface area (Å²) in [7, 11) is 1.56. The van der Waals surface area contributed by atoms with E-state index in [0.717, 1.165) is 0 Å². The summed E-state index contributed by atoms with van der Waals surface area (Å²) in [6, 6.07) is 1.22. The van der Waals surface area contributed by atoms with Crippen LogP contribution in [0.15, 0.2) is 12.3 Å². The van der Waals surface area contributed by atoms with Crippen molar-refractivity contribution in [3.05, 3.63) is 28.1 Å². The molecule has 1 fully saturated rings. The van der Waals surface area contributed by atoms with Crippen molar-refractivity contribution >= 4 is 17.5 Å². The number of rotatable bonds is 2. The lowest BCUT2D eigenvalue weighted by molar-refractivity contribution is -0.384. The fourth-order valence-corrected chi connectivity index (χ4v) is 1.83. The molecule has 1 aromatic rings. The first-order chi connectivity index (χ1) is 8.49. The van der Waals surface area contributed by atoms with Crippen LogP contribution in [-0.4, -0.2) is 45.8 Å². The van der Waals surface area contributed by atoms with Gasteiger partial charge in [0.25, 0.3) is 11.6 Å². The van der Waals surface area contributed by atoms with E-state index in [0.29, 0.717) is 13.1 Å². The maximum Gasteiger partial charge on any atom is 0.287 e. The number of amides is 2. The van der Waals surface area contributed by atoms with Crippen molar-refractivity contribution in [3.63, 3.8) is 0 Å². The lowest BCUT2D eigenvalue weighted by Gasteiger charge is -2.26. The molecule has 1 aliphatic heterocycles. The number of aromatic nitrogens is 1. The Balaban J connectivity index is 2.22. The van der Waals surface area contributed by atoms with Crippen LogP contribution in [0.5, 0.6) is 0 Å². The molecule has 0 unspecified atom stereocenters. The molecule has 1 saturated heterocycles. The third-order valence-corrected chi connectivity index (χ3v) is 2.75. The van der Waals surface area contributed by atoms with Crippen molar-refractivity contribution in [2.24, 2.45) is 7.05 Å². The molecular weight excluding hydrogens is 240 g/mol. The maximum atomic E-state index is 12.1. The van der Waals surface area contributed by atoms with Crippen molar-refractivity contribution in [3.8, 4) is 0 Å². The number of hydrogen-bond donors (Lipinski definition) is 1. The van der Waals surface area contributed by atoms with Crippen LogP contribution in [0.4, 0.5) is 5.69 Å². The lowest BCUT2D eigenvalue weighted by atomic mass is 10.3. The van der Waals surface area contributed by atoms with Gasteiger partial charge in [-0.1, -0.05) is 0 Å². The number of nitro groups is 1. The molecule has 0 spiro atoms. The van der Waals surface area contributed by atoms with E-state index in [1.54, 1.807) is 7.05 Å². The van der Waals surface area contributed by atoms with Crippen LogP contribution in [0.25, 0.3) is 0 Å². The Hall–Kier alpha value is -2.38. The molecule has 0 atom stereocenters. The van der Waals surface area contributed by atoms with Gasteiger partial charge in [-0.15, -0.1) is 0 Å². The molecule has 0 saturated carbocycles. The van der Waals surface area contributed by atoms with Gasteiger partial charge >= 0.3 is 0 Å². The monoisotopic (exact) mass is 252 g/mol. The van der Waals surface area contributed by atoms with Gasteiger partial charge in [-0.25, -0.2) is 0 Å². The minimum Gasteiger partial charge on any atom is -0.353 e. The molecule has 8 nitrogen and oxygen atoms in total. The summed E-state index contributed by atoms with van der Waals surface area (Å²) in [4.78, 5) is 34.7. The highest BCUT2D eigenvalue weighted by atomic mass is 16.6. The van der Waals surface area contributed by atoms with E-state index in [2.05, 4.69) is 5.32 Å². The molecule has 2 heterocycles. The molecule has 2 amide bonds. The van der Waals surface area contributed by atoms with Crippen molar-refractivity contribution in [2.45, 2.75) is 0 Å². The van der Waals surface area contributed by atoms with Crippen molar-refractivity contribution < 1.29 is 14.5 Å². The van der Waals surface area contributed by atoms with Crippen LogP contribution >= 0.6 is 0 Å². The zero-order valence-electron chi connectivity index (χ0n) is 9.75. The third kappa shape index (κ3) is 2.17. The summed E-state index contributed by atoms with van der Waals surface area (Å²) in [5.41, 5.74) is 0.0683. The average Bonchev–Trinajstić information content (AvgIpc) is 2.70. The molecule has 0 radical (unpaired) electrons. The van der Waals surface area contributed by atoms with Crippen LogP contribution < -0.4 is 5.32 Å². The number of piperazine rings is 1. The normalized spacial score (nSPS) is 15.4. The van der Waals surface area contributed by atoms with Gasteiger partial charge in [0.15, 0.2) is 0 Å². The topological polar surface area (TPSA) is 97.5 Å². The Kier molecular flexibility index (Phi) is 3.00. The van der Waals surface area contributed by atoms with E-state index in [9.17, 15) is 19.7 Å². The smallest absolute Gasteiger partial charge is 0.287 e. The quantitative estimate of drug-likeness (QED) is 0.567. The number of carbonyl (C=O) groups is 2. The summed E-state index contributed by atoms with van der Waals surface area (Å²) < 4.78 is 1.40. The molecule has 8 heteroatoms. The van der Waals surface area contributed by atoms with E-state index in [-0.39, 0.29) is 29.7 Å². The second kappa shape index (κ2) is 4.47. The van der Waals surface area contributed by atoms with Gasteiger partial charge < -0.3 is 14.8 Å². The molecule has 1 N–H and O–H groups in total. The summed E-state index contributed by atoms with van der Waals surface area (Å²) in [5, 5.41) is 13.2. The zero-order valence-corrected chi connectivity index (χ0v) is 9.75. The maximum absolute atomic E-state index is 12.1. The van der Waals surface area contributed by atoms with E-state index in [1.807, 2.05) is 0 Å². The highest BCUT2D eigenvalue weighted by molar-refractivity contribution is 5.96. The number of carbonyl (C=O) groups excluding carboxylic acids is 2. The molecule has 0 bridgehead atoms. The number of hydrogen-bond acceptors (Lipinski definition) is 4. The van der Waals surface area contributed by atoms with E-state index < -0.39 is 4.92 Å². The predicted molar refractivity (Wildman–Crippen MR) is 61.0 cm³/mol. The standard InChI is InChI=1S/C10H12N4O4/c1-12-5-7(14(17)18)4-8(12)10(16)13-3-2-11-9(15)6-13/h4-5H,2-3,6H2,1H3,(H,11,15). The number of nitrogens with zero attached hydrogens (tertiary/aromatic N) is 3.